The fraction of sp³-hybridized carbons (Fsp3) is 0.312. The maximum Gasteiger partial charge on any atom is 0.0762 e. The molecular formula is C16H19BrN2O. The van der Waals surface area contributed by atoms with Crippen molar-refractivity contribution in [3.63, 3.8) is 0 Å². The molecule has 3 nitrogen and oxygen atoms in total. The molecule has 0 aliphatic rings. The van der Waals surface area contributed by atoms with E-state index >= 15 is 0 Å². The Morgan fingerprint density at radius 2 is 1.95 bits per heavy atom. The number of benzene rings is 1. The van der Waals surface area contributed by atoms with Crippen LogP contribution in [0.2, 0.25) is 0 Å². The summed E-state index contributed by atoms with van der Waals surface area (Å²) in [6.45, 7) is 2.70. The topological polar surface area (TPSA) is 36.4 Å². The maximum atomic E-state index is 9.59. The Hall–Kier alpha value is -1.39. The number of aromatic nitrogens is 1. The molecule has 2 aromatic rings. The van der Waals surface area contributed by atoms with Crippen LogP contribution in [0.1, 0.15) is 24.2 Å². The van der Waals surface area contributed by atoms with Gasteiger partial charge in [-0.25, -0.2) is 0 Å². The molecule has 20 heavy (non-hydrogen) atoms. The van der Waals surface area contributed by atoms with E-state index in [1.807, 2.05) is 42.7 Å². The lowest BCUT2D eigenvalue weighted by Crippen LogP contribution is -2.20. The van der Waals surface area contributed by atoms with Gasteiger partial charge in [0, 0.05) is 30.5 Å². The highest BCUT2D eigenvalue weighted by Crippen LogP contribution is 2.28. The summed E-state index contributed by atoms with van der Waals surface area (Å²) < 4.78 is 1.01. The normalized spacial score (nSPS) is 12.2. The van der Waals surface area contributed by atoms with E-state index in [1.165, 1.54) is 5.56 Å². The second-order valence-electron chi connectivity index (χ2n) is 4.91. The molecule has 1 heterocycles. The highest BCUT2D eigenvalue weighted by atomic mass is 79.9. The number of anilines is 1. The smallest absolute Gasteiger partial charge is 0.0762 e. The summed E-state index contributed by atoms with van der Waals surface area (Å²) in [6.07, 6.45) is 4.18. The third-order valence-corrected chi connectivity index (χ3v) is 3.99. The molecule has 2 rings (SSSR count). The van der Waals surface area contributed by atoms with Gasteiger partial charge in [-0.05, 0) is 64.7 Å². The van der Waals surface area contributed by atoms with Gasteiger partial charge in [-0.2, -0.15) is 0 Å². The molecule has 0 saturated heterocycles. The van der Waals surface area contributed by atoms with Crippen LogP contribution in [-0.2, 0) is 6.42 Å². The fourth-order valence-electron chi connectivity index (χ4n) is 2.06. The number of nitrogens with zero attached hydrogens (tertiary/aromatic N) is 2. The summed E-state index contributed by atoms with van der Waals surface area (Å²) in [5, 5.41) is 9.59. The summed E-state index contributed by atoms with van der Waals surface area (Å²) in [6, 6.07) is 10.1. The van der Waals surface area contributed by atoms with Gasteiger partial charge in [0.25, 0.3) is 0 Å². The molecule has 4 heteroatoms. The second-order valence-corrected chi connectivity index (χ2v) is 5.77. The number of likely N-dealkylation sites (N-methyl/N-ethyl adjacent to an activating group) is 1. The Balaban J connectivity index is 2.04. The Kier molecular flexibility index (Phi) is 5.15. The number of aliphatic hydroxyl groups excluding tert-OH is 1. The van der Waals surface area contributed by atoms with E-state index in [1.54, 1.807) is 6.92 Å². The van der Waals surface area contributed by atoms with Gasteiger partial charge in [-0.3, -0.25) is 4.98 Å². The number of aliphatic hydroxyl groups is 1. The van der Waals surface area contributed by atoms with Crippen molar-refractivity contribution < 1.29 is 5.11 Å². The lowest BCUT2D eigenvalue weighted by molar-refractivity contribution is 0.199. The first kappa shape index (κ1) is 15.0. The standard InChI is InChI=1S/C16H19BrN2O/c1-12(20)14-3-4-16(15(17)11-14)19(2)10-7-13-5-8-18-9-6-13/h3-6,8-9,11-12,20H,7,10H2,1-2H3. The Morgan fingerprint density at radius 1 is 1.25 bits per heavy atom. The van der Waals surface area contributed by atoms with Crippen molar-refractivity contribution in [2.45, 2.75) is 19.4 Å². The Labute approximate surface area is 128 Å². The number of hydrogen-bond acceptors (Lipinski definition) is 3. The number of halogens is 1. The van der Waals surface area contributed by atoms with Crippen molar-refractivity contribution in [3.05, 3.63) is 58.3 Å². The van der Waals surface area contributed by atoms with Crippen LogP contribution < -0.4 is 4.90 Å². The van der Waals surface area contributed by atoms with E-state index in [4.69, 9.17) is 0 Å². The van der Waals surface area contributed by atoms with Gasteiger partial charge >= 0.3 is 0 Å². The zero-order chi connectivity index (χ0) is 14.5. The van der Waals surface area contributed by atoms with Crippen LogP contribution in [0.25, 0.3) is 0 Å². The molecular weight excluding hydrogens is 316 g/mol. The van der Waals surface area contributed by atoms with E-state index in [2.05, 4.69) is 32.9 Å². The van der Waals surface area contributed by atoms with E-state index in [0.717, 1.165) is 28.7 Å². The lowest BCUT2D eigenvalue weighted by atomic mass is 10.1. The van der Waals surface area contributed by atoms with Gasteiger partial charge in [-0.15, -0.1) is 0 Å². The highest BCUT2D eigenvalue weighted by Gasteiger charge is 2.09. The van der Waals surface area contributed by atoms with Crippen LogP contribution in [0.3, 0.4) is 0 Å². The third kappa shape index (κ3) is 3.81. The minimum Gasteiger partial charge on any atom is -0.389 e. The fourth-order valence-corrected chi connectivity index (χ4v) is 2.76. The highest BCUT2D eigenvalue weighted by molar-refractivity contribution is 9.10. The van der Waals surface area contributed by atoms with Gasteiger partial charge in [0.1, 0.15) is 0 Å². The summed E-state index contributed by atoms with van der Waals surface area (Å²) in [4.78, 5) is 6.23. The minimum absolute atomic E-state index is 0.442. The number of pyridine rings is 1. The third-order valence-electron chi connectivity index (χ3n) is 3.35. The second kappa shape index (κ2) is 6.86. The van der Waals surface area contributed by atoms with E-state index in [9.17, 15) is 5.11 Å². The molecule has 0 aliphatic carbocycles. The van der Waals surface area contributed by atoms with Gasteiger partial charge < -0.3 is 10.0 Å². The molecule has 1 aromatic heterocycles. The largest absolute Gasteiger partial charge is 0.389 e. The monoisotopic (exact) mass is 334 g/mol. The molecule has 1 unspecified atom stereocenters. The number of rotatable bonds is 5. The SMILES string of the molecule is CC(O)c1ccc(N(C)CCc2ccncc2)c(Br)c1. The molecule has 0 spiro atoms. The lowest BCUT2D eigenvalue weighted by Gasteiger charge is -2.21. The average Bonchev–Trinajstić information content (AvgIpc) is 2.45. The first-order valence-electron chi connectivity index (χ1n) is 6.65. The van der Waals surface area contributed by atoms with Gasteiger partial charge in [0.05, 0.1) is 11.8 Å². The van der Waals surface area contributed by atoms with Crippen molar-refractivity contribution >= 4 is 21.6 Å². The van der Waals surface area contributed by atoms with E-state index < -0.39 is 6.10 Å². The van der Waals surface area contributed by atoms with Crippen molar-refractivity contribution in [3.8, 4) is 0 Å². The molecule has 1 atom stereocenters. The predicted octanol–water partition coefficient (Wildman–Crippen LogP) is 3.58. The van der Waals surface area contributed by atoms with Gasteiger partial charge in [0.2, 0.25) is 0 Å². The number of hydrogen-bond donors (Lipinski definition) is 1. The molecule has 0 fully saturated rings. The molecule has 1 aromatic carbocycles. The van der Waals surface area contributed by atoms with Gasteiger partial charge in [0.15, 0.2) is 0 Å². The summed E-state index contributed by atoms with van der Waals surface area (Å²) in [5.74, 6) is 0. The first-order chi connectivity index (χ1) is 9.58. The van der Waals surface area contributed by atoms with Crippen molar-refractivity contribution in [2.24, 2.45) is 0 Å². The summed E-state index contributed by atoms with van der Waals surface area (Å²) in [5.41, 5.74) is 3.33. The predicted molar refractivity (Wildman–Crippen MR) is 86.0 cm³/mol. The van der Waals surface area contributed by atoms with Crippen molar-refractivity contribution in [2.75, 3.05) is 18.5 Å². The van der Waals surface area contributed by atoms with Gasteiger partial charge in [-0.1, -0.05) is 6.07 Å². The molecule has 0 amide bonds. The molecule has 0 aliphatic heterocycles. The minimum atomic E-state index is -0.442. The van der Waals surface area contributed by atoms with Crippen molar-refractivity contribution in [1.29, 1.82) is 0 Å². The van der Waals surface area contributed by atoms with Crippen LogP contribution in [0.15, 0.2) is 47.2 Å². The van der Waals surface area contributed by atoms with Crippen LogP contribution in [0.5, 0.6) is 0 Å². The van der Waals surface area contributed by atoms with Crippen molar-refractivity contribution in [1.82, 2.24) is 4.98 Å². The molecule has 1 N–H and O–H groups in total. The van der Waals surface area contributed by atoms with Crippen LogP contribution in [0.4, 0.5) is 5.69 Å². The quantitative estimate of drug-likeness (QED) is 0.907. The molecule has 0 radical (unpaired) electrons. The zero-order valence-electron chi connectivity index (χ0n) is 11.8. The maximum absolute atomic E-state index is 9.59. The van der Waals surface area contributed by atoms with Crippen LogP contribution in [-0.4, -0.2) is 23.7 Å². The van der Waals surface area contributed by atoms with Crippen LogP contribution in [0, 0.1) is 0 Å². The molecule has 106 valence electrons. The van der Waals surface area contributed by atoms with E-state index in [0.29, 0.717) is 0 Å². The Morgan fingerprint density at radius 3 is 2.55 bits per heavy atom. The first-order valence-corrected chi connectivity index (χ1v) is 7.45. The zero-order valence-corrected chi connectivity index (χ0v) is 13.3. The van der Waals surface area contributed by atoms with Crippen LogP contribution >= 0.6 is 15.9 Å². The van der Waals surface area contributed by atoms with E-state index in [-0.39, 0.29) is 0 Å². The Bertz CT molecular complexity index is 558. The molecule has 0 bridgehead atoms. The summed E-state index contributed by atoms with van der Waals surface area (Å²) in [7, 11) is 2.07. The summed E-state index contributed by atoms with van der Waals surface area (Å²) >= 11 is 3.58. The average molecular weight is 335 g/mol. The molecule has 0 saturated carbocycles.